The molecule has 0 aliphatic rings. The minimum atomic E-state index is -4.49. The van der Waals surface area contributed by atoms with Crippen LogP contribution in [0.3, 0.4) is 0 Å². The van der Waals surface area contributed by atoms with Gasteiger partial charge < -0.3 is 9.30 Å². The third-order valence-corrected chi connectivity index (χ3v) is 5.90. The van der Waals surface area contributed by atoms with Crippen LogP contribution in [0.25, 0.3) is 28.3 Å². The van der Waals surface area contributed by atoms with Crippen molar-refractivity contribution in [3.63, 3.8) is 0 Å². The van der Waals surface area contributed by atoms with Gasteiger partial charge in [-0.2, -0.15) is 23.0 Å². The van der Waals surface area contributed by atoms with Crippen molar-refractivity contribution in [1.82, 2.24) is 34.3 Å². The van der Waals surface area contributed by atoms with Gasteiger partial charge in [0.05, 0.1) is 48.5 Å². The largest absolute Gasteiger partial charge is 0.495 e. The van der Waals surface area contributed by atoms with E-state index in [9.17, 15) is 18.0 Å². The number of benzene rings is 2. The third kappa shape index (κ3) is 4.58. The maximum absolute atomic E-state index is 12.8. The van der Waals surface area contributed by atoms with Gasteiger partial charge in [-0.3, -0.25) is 4.79 Å². The monoisotopic (exact) mass is 527 g/mol. The smallest absolute Gasteiger partial charge is 0.416 e. The van der Waals surface area contributed by atoms with Crippen molar-refractivity contribution in [2.24, 2.45) is 0 Å². The zero-order chi connectivity index (χ0) is 26.3. The number of hydrogen-bond donors (Lipinski definition) is 0. The molecule has 0 bridgehead atoms. The van der Waals surface area contributed by atoms with Crippen molar-refractivity contribution in [3.05, 3.63) is 94.0 Å². The van der Waals surface area contributed by atoms with E-state index in [1.54, 1.807) is 25.7 Å². The minimum Gasteiger partial charge on any atom is -0.495 e. The van der Waals surface area contributed by atoms with E-state index in [-0.39, 0.29) is 16.4 Å². The molecular formula is C24H17ClF3N7O2. The molecule has 5 aromatic rings. The Hall–Kier alpha value is -4.45. The number of halogens is 4. The van der Waals surface area contributed by atoms with E-state index in [2.05, 4.69) is 20.4 Å². The lowest BCUT2D eigenvalue weighted by Gasteiger charge is -2.10. The van der Waals surface area contributed by atoms with E-state index in [1.165, 1.54) is 10.9 Å². The van der Waals surface area contributed by atoms with E-state index >= 15 is 0 Å². The molecule has 9 nitrogen and oxygen atoms in total. The zero-order valence-electron chi connectivity index (χ0n) is 19.3. The molecule has 188 valence electrons. The summed E-state index contributed by atoms with van der Waals surface area (Å²) in [5.74, 6) is 0.586. The lowest BCUT2D eigenvalue weighted by molar-refractivity contribution is -0.137. The summed E-state index contributed by atoms with van der Waals surface area (Å²) in [6, 6.07) is 9.50. The summed E-state index contributed by atoms with van der Waals surface area (Å²) in [5.41, 5.74) is 1.56. The zero-order valence-corrected chi connectivity index (χ0v) is 20.1. The van der Waals surface area contributed by atoms with Gasteiger partial charge in [0, 0.05) is 11.8 Å². The van der Waals surface area contributed by atoms with Crippen LogP contribution in [0.4, 0.5) is 13.2 Å². The summed E-state index contributed by atoms with van der Waals surface area (Å²) in [7, 11) is 1.56. The number of alkyl halides is 3. The average Bonchev–Trinajstić information content (AvgIpc) is 3.54. The van der Waals surface area contributed by atoms with Crippen LogP contribution in [0.5, 0.6) is 5.75 Å². The van der Waals surface area contributed by atoms with Gasteiger partial charge in [0.15, 0.2) is 0 Å². The first-order valence-electron chi connectivity index (χ1n) is 10.7. The van der Waals surface area contributed by atoms with Gasteiger partial charge in [-0.05, 0) is 43.3 Å². The van der Waals surface area contributed by atoms with Gasteiger partial charge in [0.25, 0.3) is 5.56 Å². The van der Waals surface area contributed by atoms with Gasteiger partial charge in [0.1, 0.15) is 22.2 Å². The molecule has 37 heavy (non-hydrogen) atoms. The average molecular weight is 528 g/mol. The number of aryl methyl sites for hydroxylation is 1. The second-order valence-corrected chi connectivity index (χ2v) is 8.34. The molecule has 0 aliphatic heterocycles. The van der Waals surface area contributed by atoms with Crippen molar-refractivity contribution in [1.29, 1.82) is 0 Å². The molecule has 13 heteroatoms. The number of aromatic nitrogens is 7. The minimum absolute atomic E-state index is 0.131. The Kier molecular flexibility index (Phi) is 6.04. The van der Waals surface area contributed by atoms with Gasteiger partial charge in [0.2, 0.25) is 0 Å². The van der Waals surface area contributed by atoms with Gasteiger partial charge in [-0.15, -0.1) is 5.10 Å². The fraction of sp³-hybridized carbons (Fsp3) is 0.125. The summed E-state index contributed by atoms with van der Waals surface area (Å²) in [6.07, 6.45) is 1.91. The van der Waals surface area contributed by atoms with Crippen molar-refractivity contribution < 1.29 is 17.9 Å². The van der Waals surface area contributed by atoms with Crippen molar-refractivity contribution >= 4 is 11.6 Å². The molecule has 0 spiro atoms. The fourth-order valence-corrected chi connectivity index (χ4v) is 3.89. The number of rotatable bonds is 5. The van der Waals surface area contributed by atoms with Crippen LogP contribution in [0.2, 0.25) is 5.02 Å². The van der Waals surface area contributed by atoms with E-state index in [1.807, 2.05) is 29.8 Å². The van der Waals surface area contributed by atoms with Crippen LogP contribution < -0.4 is 10.3 Å². The first kappa shape index (κ1) is 24.3. The SMILES string of the molecule is COc1cc(-c2cn(-c3cnn(-c4ccc(C(F)(F)F)cc4)c(=O)c3Cl)nn2)ccc1-n1cnc(C)c1. The van der Waals surface area contributed by atoms with Crippen molar-refractivity contribution in [2.75, 3.05) is 7.11 Å². The highest BCUT2D eigenvalue weighted by Crippen LogP contribution is 2.31. The first-order valence-corrected chi connectivity index (χ1v) is 11.1. The van der Waals surface area contributed by atoms with E-state index in [0.29, 0.717) is 17.0 Å². The van der Waals surface area contributed by atoms with Crippen LogP contribution in [-0.4, -0.2) is 41.4 Å². The topological polar surface area (TPSA) is 92.6 Å². The van der Waals surface area contributed by atoms with E-state index < -0.39 is 17.3 Å². The molecule has 2 aromatic carbocycles. The number of ether oxygens (including phenoxy) is 1. The molecule has 0 saturated heterocycles. The maximum Gasteiger partial charge on any atom is 0.416 e. The lowest BCUT2D eigenvalue weighted by Crippen LogP contribution is -2.23. The molecule has 3 heterocycles. The summed E-state index contributed by atoms with van der Waals surface area (Å²) in [6.45, 7) is 1.89. The van der Waals surface area contributed by atoms with E-state index in [4.69, 9.17) is 16.3 Å². The Morgan fingerprint density at radius 2 is 1.78 bits per heavy atom. The summed E-state index contributed by atoms with van der Waals surface area (Å²) in [5, 5.41) is 12.1. The molecule has 0 unspecified atom stereocenters. The predicted molar refractivity (Wildman–Crippen MR) is 129 cm³/mol. The van der Waals surface area contributed by atoms with E-state index in [0.717, 1.165) is 40.3 Å². The number of hydrogen-bond acceptors (Lipinski definition) is 6. The second kappa shape index (κ2) is 9.21. The Morgan fingerprint density at radius 1 is 1.03 bits per heavy atom. The Balaban J connectivity index is 1.46. The predicted octanol–water partition coefficient (Wildman–Crippen LogP) is 4.66. The highest BCUT2D eigenvalue weighted by atomic mass is 35.5. The molecule has 0 radical (unpaired) electrons. The third-order valence-electron chi connectivity index (χ3n) is 5.55. The first-order chi connectivity index (χ1) is 17.7. The lowest BCUT2D eigenvalue weighted by atomic mass is 10.1. The molecule has 0 amide bonds. The number of nitrogens with zero attached hydrogens (tertiary/aromatic N) is 7. The Morgan fingerprint density at radius 3 is 2.43 bits per heavy atom. The normalized spacial score (nSPS) is 11.6. The van der Waals surface area contributed by atoms with Crippen LogP contribution in [0.1, 0.15) is 11.3 Å². The second-order valence-electron chi connectivity index (χ2n) is 7.96. The number of methoxy groups -OCH3 is 1. The van der Waals surface area contributed by atoms with Gasteiger partial charge in [-0.1, -0.05) is 22.9 Å². The van der Waals surface area contributed by atoms with Crippen LogP contribution in [0, 0.1) is 6.92 Å². The molecule has 0 aliphatic carbocycles. The molecule has 0 fully saturated rings. The van der Waals surface area contributed by atoms with Crippen LogP contribution >= 0.6 is 11.6 Å². The Labute approximate surface area is 212 Å². The quantitative estimate of drug-likeness (QED) is 0.330. The standard InChI is InChI=1S/C24H17ClF3N7O2/c1-14-11-33(13-29-14)19-8-3-15(9-21(19)37-2)18-12-34(32-31-18)20-10-30-35(23(36)22(20)25)17-6-4-16(5-7-17)24(26,27)28/h3-13H,1-2H3. The fourth-order valence-electron chi connectivity index (χ4n) is 3.68. The molecule has 0 N–H and O–H groups in total. The molecule has 0 saturated carbocycles. The van der Waals surface area contributed by atoms with Crippen LogP contribution in [0.15, 0.2) is 72.2 Å². The highest BCUT2D eigenvalue weighted by Gasteiger charge is 2.30. The molecule has 3 aromatic heterocycles. The van der Waals surface area contributed by atoms with Gasteiger partial charge in [-0.25, -0.2) is 9.67 Å². The van der Waals surface area contributed by atoms with Crippen molar-refractivity contribution in [3.8, 4) is 34.1 Å². The summed E-state index contributed by atoms with van der Waals surface area (Å²) in [4.78, 5) is 17.1. The number of imidazole rings is 1. The maximum atomic E-state index is 12.8. The molecule has 5 rings (SSSR count). The Bertz CT molecular complexity index is 1660. The molecular weight excluding hydrogens is 511 g/mol. The van der Waals surface area contributed by atoms with Gasteiger partial charge >= 0.3 is 6.18 Å². The highest BCUT2D eigenvalue weighted by molar-refractivity contribution is 6.32. The summed E-state index contributed by atoms with van der Waals surface area (Å²) < 4.78 is 48.1. The summed E-state index contributed by atoms with van der Waals surface area (Å²) >= 11 is 6.31. The van der Waals surface area contributed by atoms with Crippen LogP contribution in [-0.2, 0) is 6.18 Å². The molecule has 0 atom stereocenters. The van der Waals surface area contributed by atoms with Crippen molar-refractivity contribution in [2.45, 2.75) is 13.1 Å².